The van der Waals surface area contributed by atoms with Crippen LogP contribution in [-0.4, -0.2) is 0 Å². The third-order valence-corrected chi connectivity index (χ3v) is 6.85. The van der Waals surface area contributed by atoms with Crippen LogP contribution < -0.4 is 0 Å². The molecule has 0 aromatic rings. The van der Waals surface area contributed by atoms with Crippen LogP contribution >= 0.6 is 0 Å². The summed E-state index contributed by atoms with van der Waals surface area (Å²) in [4.78, 5) is 0. The van der Waals surface area contributed by atoms with Gasteiger partial charge in [0.1, 0.15) is 0 Å². The molecule has 2 aliphatic rings. The second-order valence-corrected chi connectivity index (χ2v) is 10.7. The maximum absolute atomic E-state index is 5.67. The lowest BCUT2D eigenvalue weighted by Gasteiger charge is -2.36. The van der Waals surface area contributed by atoms with Gasteiger partial charge in [-0.2, -0.15) is 0 Å². The molecule has 0 atom stereocenters. The van der Waals surface area contributed by atoms with Crippen molar-refractivity contribution in [3.05, 3.63) is 24.7 Å². The fourth-order valence-corrected chi connectivity index (χ4v) is 4.71. The Kier molecular flexibility index (Phi) is 7.23. The second kappa shape index (κ2) is 8.78. The van der Waals surface area contributed by atoms with Crippen LogP contribution in [0.2, 0.25) is 0 Å². The molecule has 0 aromatic carbocycles. The summed E-state index contributed by atoms with van der Waals surface area (Å²) in [7, 11) is 0. The average Bonchev–Trinajstić information content (AvgIpc) is 2.54. The zero-order valence-electron chi connectivity index (χ0n) is 17.7. The van der Waals surface area contributed by atoms with E-state index in [1.54, 1.807) is 0 Å². The highest BCUT2D eigenvalue weighted by Crippen LogP contribution is 2.41. The Morgan fingerprint density at radius 1 is 0.560 bits per heavy atom. The second-order valence-electron chi connectivity index (χ2n) is 10.7. The van der Waals surface area contributed by atoms with Gasteiger partial charge in [0.15, 0.2) is 0 Å². The molecule has 0 N–H and O–H groups in total. The minimum atomic E-state index is 0.472. The summed E-state index contributed by atoms with van der Waals surface area (Å²) < 4.78 is 5.67. The van der Waals surface area contributed by atoms with Gasteiger partial charge in [-0.1, -0.05) is 41.5 Å². The Hall–Kier alpha value is -0.720. The van der Waals surface area contributed by atoms with E-state index in [1.165, 1.54) is 51.4 Å². The molecule has 0 heterocycles. The van der Waals surface area contributed by atoms with Crippen LogP contribution in [0.1, 0.15) is 92.9 Å². The monoisotopic (exact) mass is 346 g/mol. The molecule has 2 aliphatic carbocycles. The van der Waals surface area contributed by atoms with Gasteiger partial charge in [-0.15, -0.1) is 0 Å². The topological polar surface area (TPSA) is 9.23 Å². The standard InChI is InChI=1S/C24H42O/c1-23(2,3)21-11-7-19(8-12-21)15-17-25-18-16-20-9-13-22(14-10-20)24(4,5)6/h15-22H,7-14H2,1-6H3. The maximum atomic E-state index is 5.67. The lowest BCUT2D eigenvalue weighted by Crippen LogP contribution is -2.25. The predicted octanol–water partition coefficient (Wildman–Crippen LogP) is 7.74. The summed E-state index contributed by atoms with van der Waals surface area (Å²) in [6.07, 6.45) is 19.2. The molecule has 1 heteroatoms. The Balaban J connectivity index is 1.63. The molecule has 0 aliphatic heterocycles. The van der Waals surface area contributed by atoms with E-state index < -0.39 is 0 Å². The van der Waals surface area contributed by atoms with E-state index in [0.717, 1.165) is 11.8 Å². The van der Waals surface area contributed by atoms with Crippen LogP contribution in [0.15, 0.2) is 24.7 Å². The van der Waals surface area contributed by atoms with Gasteiger partial charge >= 0.3 is 0 Å². The van der Waals surface area contributed by atoms with Gasteiger partial charge in [-0.25, -0.2) is 0 Å². The van der Waals surface area contributed by atoms with Crippen molar-refractivity contribution in [2.24, 2.45) is 34.5 Å². The van der Waals surface area contributed by atoms with Gasteiger partial charge in [-0.05, 0) is 98.0 Å². The van der Waals surface area contributed by atoms with Crippen molar-refractivity contribution in [1.82, 2.24) is 0 Å². The largest absolute Gasteiger partial charge is 0.473 e. The van der Waals surface area contributed by atoms with E-state index >= 15 is 0 Å². The lowest BCUT2D eigenvalue weighted by atomic mass is 9.70. The molecule has 0 amide bonds. The zero-order valence-corrected chi connectivity index (χ0v) is 17.7. The third-order valence-electron chi connectivity index (χ3n) is 6.85. The maximum Gasteiger partial charge on any atom is 0.0864 e. The Morgan fingerprint density at radius 2 is 0.880 bits per heavy atom. The lowest BCUT2D eigenvalue weighted by molar-refractivity contribution is 0.161. The van der Waals surface area contributed by atoms with Crippen molar-refractivity contribution in [2.75, 3.05) is 0 Å². The van der Waals surface area contributed by atoms with E-state index in [1.807, 2.05) is 12.5 Å². The highest BCUT2D eigenvalue weighted by molar-refractivity contribution is 4.93. The number of allylic oxidation sites excluding steroid dienone is 2. The first kappa shape index (κ1) is 20.6. The van der Waals surface area contributed by atoms with Crippen LogP contribution in [0.4, 0.5) is 0 Å². The smallest absolute Gasteiger partial charge is 0.0864 e. The first-order valence-electron chi connectivity index (χ1n) is 10.6. The molecule has 0 bridgehead atoms. The molecule has 25 heavy (non-hydrogen) atoms. The SMILES string of the molecule is CC(C)(C)C1CCC(C=COC=CC2CCC(C(C)(C)C)CC2)CC1. The number of hydrogen-bond acceptors (Lipinski definition) is 1. The molecule has 0 saturated heterocycles. The van der Waals surface area contributed by atoms with Crippen molar-refractivity contribution in [3.63, 3.8) is 0 Å². The van der Waals surface area contributed by atoms with Crippen LogP contribution in [-0.2, 0) is 4.74 Å². The van der Waals surface area contributed by atoms with Crippen LogP contribution in [0.25, 0.3) is 0 Å². The fraction of sp³-hybridized carbons (Fsp3) is 0.833. The molecule has 2 rings (SSSR count). The Bertz CT molecular complexity index is 388. The van der Waals surface area contributed by atoms with Gasteiger partial charge in [-0.3, -0.25) is 0 Å². The molecular formula is C24H42O. The average molecular weight is 347 g/mol. The minimum absolute atomic E-state index is 0.472. The molecule has 0 radical (unpaired) electrons. The molecule has 144 valence electrons. The zero-order chi connectivity index (χ0) is 18.5. The van der Waals surface area contributed by atoms with Gasteiger partial charge < -0.3 is 4.74 Å². The predicted molar refractivity (Wildman–Crippen MR) is 109 cm³/mol. The van der Waals surface area contributed by atoms with Crippen LogP contribution in [0.5, 0.6) is 0 Å². The van der Waals surface area contributed by atoms with E-state index in [-0.39, 0.29) is 0 Å². The summed E-state index contributed by atoms with van der Waals surface area (Å²) >= 11 is 0. The normalized spacial score (nSPS) is 32.4. The minimum Gasteiger partial charge on any atom is -0.473 e. The molecule has 2 fully saturated rings. The number of ether oxygens (including phenoxy) is 1. The van der Waals surface area contributed by atoms with E-state index in [0.29, 0.717) is 22.7 Å². The number of hydrogen-bond donors (Lipinski definition) is 0. The van der Waals surface area contributed by atoms with Crippen molar-refractivity contribution >= 4 is 0 Å². The van der Waals surface area contributed by atoms with Gasteiger partial charge in [0.2, 0.25) is 0 Å². The van der Waals surface area contributed by atoms with Crippen LogP contribution in [0.3, 0.4) is 0 Å². The summed E-state index contributed by atoms with van der Waals surface area (Å²) in [6, 6.07) is 0. The van der Waals surface area contributed by atoms with E-state index in [2.05, 4.69) is 53.7 Å². The summed E-state index contributed by atoms with van der Waals surface area (Å²) in [5.41, 5.74) is 0.944. The quantitative estimate of drug-likeness (QED) is 0.473. The fourth-order valence-electron chi connectivity index (χ4n) is 4.71. The molecule has 1 nitrogen and oxygen atoms in total. The van der Waals surface area contributed by atoms with E-state index in [9.17, 15) is 0 Å². The molecule has 2 saturated carbocycles. The molecule has 0 unspecified atom stereocenters. The molecule has 0 spiro atoms. The van der Waals surface area contributed by atoms with Crippen molar-refractivity contribution in [2.45, 2.75) is 92.9 Å². The van der Waals surface area contributed by atoms with E-state index in [4.69, 9.17) is 4.74 Å². The van der Waals surface area contributed by atoms with Crippen molar-refractivity contribution in [1.29, 1.82) is 0 Å². The van der Waals surface area contributed by atoms with Gasteiger partial charge in [0.25, 0.3) is 0 Å². The summed E-state index contributed by atoms with van der Waals surface area (Å²) in [5.74, 6) is 3.21. The Morgan fingerprint density at radius 3 is 1.16 bits per heavy atom. The summed E-state index contributed by atoms with van der Waals surface area (Å²) in [6.45, 7) is 14.3. The highest BCUT2D eigenvalue weighted by atomic mass is 16.5. The van der Waals surface area contributed by atoms with Crippen molar-refractivity contribution < 1.29 is 4.74 Å². The summed E-state index contributed by atoms with van der Waals surface area (Å²) in [5, 5.41) is 0. The van der Waals surface area contributed by atoms with Crippen LogP contribution in [0, 0.1) is 34.5 Å². The Labute approximate surface area is 157 Å². The molecular weight excluding hydrogens is 304 g/mol. The van der Waals surface area contributed by atoms with Gasteiger partial charge in [0.05, 0.1) is 12.5 Å². The first-order chi connectivity index (χ1) is 11.7. The first-order valence-corrected chi connectivity index (χ1v) is 10.6. The molecule has 0 aromatic heterocycles. The third kappa shape index (κ3) is 6.83. The highest BCUT2D eigenvalue weighted by Gasteiger charge is 2.29. The number of rotatable bonds is 4. The van der Waals surface area contributed by atoms with Crippen molar-refractivity contribution in [3.8, 4) is 0 Å². The van der Waals surface area contributed by atoms with Gasteiger partial charge in [0, 0.05) is 0 Å².